The topological polar surface area (TPSA) is 38.5 Å². The highest BCUT2D eigenvalue weighted by molar-refractivity contribution is 4.76. The molecule has 1 aliphatic rings. The molecule has 2 unspecified atom stereocenters. The number of nitrogens with two attached hydrogens (primary N) is 1. The van der Waals surface area contributed by atoms with Crippen molar-refractivity contribution in [2.24, 2.45) is 11.7 Å². The van der Waals surface area contributed by atoms with E-state index in [-0.39, 0.29) is 19.2 Å². The smallest absolute Gasteiger partial charge is 0.377 e. The predicted octanol–water partition coefficient (Wildman–Crippen LogP) is 1.23. The summed E-state index contributed by atoms with van der Waals surface area (Å²) in [6, 6.07) is 0. The Kier molecular flexibility index (Phi) is 5.01. The van der Waals surface area contributed by atoms with Gasteiger partial charge in [-0.05, 0) is 13.3 Å². The molecular weight excluding hydrogens is 221 g/mol. The van der Waals surface area contributed by atoms with Gasteiger partial charge in [0.05, 0.1) is 12.0 Å². The van der Waals surface area contributed by atoms with E-state index in [1.807, 2.05) is 6.92 Å². The lowest BCUT2D eigenvalue weighted by Crippen LogP contribution is -2.42. The summed E-state index contributed by atoms with van der Waals surface area (Å²) < 4.78 is 43.0. The fraction of sp³-hybridized carbons (Fsp3) is 1.00. The van der Waals surface area contributed by atoms with E-state index in [0.717, 1.165) is 6.42 Å². The highest BCUT2D eigenvalue weighted by atomic mass is 19.4. The zero-order valence-corrected chi connectivity index (χ0v) is 9.46. The van der Waals surface area contributed by atoms with Crippen LogP contribution in [0.3, 0.4) is 0 Å². The fourth-order valence-electron chi connectivity index (χ4n) is 1.87. The first-order valence-corrected chi connectivity index (χ1v) is 5.54. The largest absolute Gasteiger partial charge is 0.394 e. The van der Waals surface area contributed by atoms with Crippen molar-refractivity contribution in [3.05, 3.63) is 0 Å². The van der Waals surface area contributed by atoms with Crippen molar-refractivity contribution in [3.8, 4) is 0 Å². The molecule has 16 heavy (non-hydrogen) atoms. The van der Waals surface area contributed by atoms with Gasteiger partial charge in [-0.25, -0.2) is 0 Å². The molecule has 1 saturated heterocycles. The Labute approximate surface area is 93.7 Å². The lowest BCUT2D eigenvalue weighted by atomic mass is 10.1. The molecule has 2 atom stereocenters. The Hall–Kier alpha value is -0.330. The number of hydrogen-bond donors (Lipinski definition) is 1. The van der Waals surface area contributed by atoms with Crippen LogP contribution >= 0.6 is 0 Å². The van der Waals surface area contributed by atoms with Crippen molar-refractivity contribution in [1.82, 2.24) is 4.90 Å². The van der Waals surface area contributed by atoms with E-state index < -0.39 is 12.1 Å². The van der Waals surface area contributed by atoms with Gasteiger partial charge in [0.25, 0.3) is 0 Å². The third-order valence-electron chi connectivity index (χ3n) is 2.76. The summed E-state index contributed by atoms with van der Waals surface area (Å²) in [5, 5.41) is 0. The molecule has 96 valence electrons. The molecule has 6 heteroatoms. The standard InChI is InChI=1S/C10H19F3N2O/c1-8-6-15(3-2-4-16-8)7-9(5-14)10(11,12)13/h8-9H,2-7,14H2,1H3. The Morgan fingerprint density at radius 2 is 2.19 bits per heavy atom. The molecule has 1 rings (SSSR count). The lowest BCUT2D eigenvalue weighted by Gasteiger charge is -2.27. The zero-order valence-electron chi connectivity index (χ0n) is 9.46. The average Bonchev–Trinajstić information content (AvgIpc) is 2.37. The summed E-state index contributed by atoms with van der Waals surface area (Å²) in [5.74, 6) is -1.43. The minimum absolute atomic E-state index is 0.00541. The quantitative estimate of drug-likeness (QED) is 0.806. The number of ether oxygens (including phenoxy) is 1. The van der Waals surface area contributed by atoms with Gasteiger partial charge in [0.2, 0.25) is 0 Å². The Morgan fingerprint density at radius 3 is 2.75 bits per heavy atom. The molecule has 1 heterocycles. The van der Waals surface area contributed by atoms with Gasteiger partial charge >= 0.3 is 6.18 Å². The molecule has 1 aliphatic heterocycles. The van der Waals surface area contributed by atoms with Crippen LogP contribution in [0.25, 0.3) is 0 Å². The minimum atomic E-state index is -4.20. The van der Waals surface area contributed by atoms with Crippen LogP contribution < -0.4 is 5.73 Å². The van der Waals surface area contributed by atoms with Crippen LogP contribution in [-0.4, -0.2) is 50.0 Å². The molecule has 1 fully saturated rings. The lowest BCUT2D eigenvalue weighted by molar-refractivity contribution is -0.176. The van der Waals surface area contributed by atoms with E-state index in [1.165, 1.54) is 0 Å². The molecule has 2 N–H and O–H groups in total. The van der Waals surface area contributed by atoms with Gasteiger partial charge in [0, 0.05) is 32.8 Å². The van der Waals surface area contributed by atoms with Gasteiger partial charge in [-0.3, -0.25) is 0 Å². The number of hydrogen-bond acceptors (Lipinski definition) is 3. The highest BCUT2D eigenvalue weighted by Gasteiger charge is 2.39. The van der Waals surface area contributed by atoms with Gasteiger partial charge in [-0.15, -0.1) is 0 Å². The van der Waals surface area contributed by atoms with E-state index in [0.29, 0.717) is 19.7 Å². The Morgan fingerprint density at radius 1 is 1.50 bits per heavy atom. The van der Waals surface area contributed by atoms with E-state index in [9.17, 15) is 13.2 Å². The van der Waals surface area contributed by atoms with Crippen molar-refractivity contribution in [2.75, 3.05) is 32.8 Å². The average molecular weight is 240 g/mol. The van der Waals surface area contributed by atoms with Crippen molar-refractivity contribution >= 4 is 0 Å². The van der Waals surface area contributed by atoms with Crippen molar-refractivity contribution in [1.29, 1.82) is 0 Å². The number of alkyl halides is 3. The molecule has 0 amide bonds. The van der Waals surface area contributed by atoms with Gasteiger partial charge < -0.3 is 15.4 Å². The van der Waals surface area contributed by atoms with Crippen LogP contribution in [0, 0.1) is 5.92 Å². The monoisotopic (exact) mass is 240 g/mol. The molecule has 0 aromatic rings. The van der Waals surface area contributed by atoms with Gasteiger partial charge in [-0.2, -0.15) is 13.2 Å². The van der Waals surface area contributed by atoms with Crippen LogP contribution in [0.2, 0.25) is 0 Å². The Balaban J connectivity index is 2.50. The maximum atomic E-state index is 12.5. The van der Waals surface area contributed by atoms with Crippen LogP contribution in [0.15, 0.2) is 0 Å². The molecule has 3 nitrogen and oxygen atoms in total. The molecule has 0 aromatic carbocycles. The van der Waals surface area contributed by atoms with Gasteiger partial charge in [-0.1, -0.05) is 0 Å². The minimum Gasteiger partial charge on any atom is -0.377 e. The van der Waals surface area contributed by atoms with E-state index in [2.05, 4.69) is 0 Å². The molecule has 0 spiro atoms. The third kappa shape index (κ3) is 4.27. The van der Waals surface area contributed by atoms with Gasteiger partial charge in [0.15, 0.2) is 0 Å². The number of halogens is 3. The summed E-state index contributed by atoms with van der Waals surface area (Å²) in [7, 11) is 0. The molecular formula is C10H19F3N2O. The van der Waals surface area contributed by atoms with Crippen molar-refractivity contribution in [2.45, 2.75) is 25.6 Å². The predicted molar refractivity (Wildman–Crippen MR) is 55.1 cm³/mol. The second-order valence-electron chi connectivity index (χ2n) is 4.27. The Bertz CT molecular complexity index is 211. The first kappa shape index (κ1) is 13.7. The van der Waals surface area contributed by atoms with Crippen LogP contribution in [0.4, 0.5) is 13.2 Å². The maximum Gasteiger partial charge on any atom is 0.394 e. The van der Waals surface area contributed by atoms with E-state index in [4.69, 9.17) is 10.5 Å². The van der Waals surface area contributed by atoms with Crippen LogP contribution in [0.1, 0.15) is 13.3 Å². The molecule has 0 radical (unpaired) electrons. The normalized spacial score (nSPS) is 26.4. The fourth-order valence-corrected chi connectivity index (χ4v) is 1.87. The summed E-state index contributed by atoms with van der Waals surface area (Å²) in [6.07, 6.45) is -3.43. The summed E-state index contributed by atoms with van der Waals surface area (Å²) >= 11 is 0. The second-order valence-corrected chi connectivity index (χ2v) is 4.27. The second kappa shape index (κ2) is 5.84. The molecule has 0 saturated carbocycles. The summed E-state index contributed by atoms with van der Waals surface area (Å²) in [4.78, 5) is 1.79. The first-order valence-electron chi connectivity index (χ1n) is 5.54. The van der Waals surface area contributed by atoms with Crippen molar-refractivity contribution < 1.29 is 17.9 Å². The van der Waals surface area contributed by atoms with Crippen LogP contribution in [0.5, 0.6) is 0 Å². The van der Waals surface area contributed by atoms with Crippen molar-refractivity contribution in [3.63, 3.8) is 0 Å². The highest BCUT2D eigenvalue weighted by Crippen LogP contribution is 2.26. The van der Waals surface area contributed by atoms with Crippen LogP contribution in [-0.2, 0) is 4.74 Å². The van der Waals surface area contributed by atoms with E-state index >= 15 is 0 Å². The first-order chi connectivity index (χ1) is 7.43. The molecule has 0 aliphatic carbocycles. The number of nitrogens with zero attached hydrogens (tertiary/aromatic N) is 1. The summed E-state index contributed by atoms with van der Waals surface area (Å²) in [6.45, 7) is 3.33. The molecule has 0 bridgehead atoms. The summed E-state index contributed by atoms with van der Waals surface area (Å²) in [5.41, 5.74) is 5.17. The number of rotatable bonds is 3. The zero-order chi connectivity index (χ0) is 12.2. The van der Waals surface area contributed by atoms with Gasteiger partial charge in [0.1, 0.15) is 0 Å². The molecule has 0 aromatic heterocycles. The maximum absolute atomic E-state index is 12.5. The third-order valence-corrected chi connectivity index (χ3v) is 2.76. The SMILES string of the molecule is CC1CN(CC(CN)C(F)(F)F)CCCO1. The van der Waals surface area contributed by atoms with E-state index in [1.54, 1.807) is 4.90 Å².